The van der Waals surface area contributed by atoms with Gasteiger partial charge in [-0.15, -0.1) is 0 Å². The summed E-state index contributed by atoms with van der Waals surface area (Å²) in [4.78, 5) is 22.1. The van der Waals surface area contributed by atoms with E-state index in [1.807, 2.05) is 19.9 Å². The van der Waals surface area contributed by atoms with E-state index in [0.29, 0.717) is 25.5 Å². The molecule has 1 saturated heterocycles. The highest BCUT2D eigenvalue weighted by atomic mass is 16.3. The Morgan fingerprint density at radius 2 is 2.16 bits per heavy atom. The average molecular weight is 264 g/mol. The predicted octanol–water partition coefficient (Wildman–Crippen LogP) is 0.760. The van der Waals surface area contributed by atoms with Crippen molar-refractivity contribution >= 4 is 6.03 Å². The highest BCUT2D eigenvalue weighted by molar-refractivity contribution is 5.74. The highest BCUT2D eigenvalue weighted by Crippen LogP contribution is 2.09. The lowest BCUT2D eigenvalue weighted by Crippen LogP contribution is -2.47. The molecule has 6 heteroatoms. The Bertz CT molecular complexity index is 444. The molecule has 1 aliphatic heterocycles. The van der Waals surface area contributed by atoms with Crippen LogP contribution < -0.4 is 5.32 Å². The molecule has 1 unspecified atom stereocenters. The molecule has 1 fully saturated rings. The molecule has 2 rings (SSSR count). The number of likely N-dealkylation sites (tertiary alicyclic amines) is 1. The molecule has 0 aliphatic carbocycles. The molecule has 1 aromatic heterocycles. The number of aryl methyl sites for hydroxylation is 2. The van der Waals surface area contributed by atoms with Gasteiger partial charge in [0.05, 0.1) is 12.6 Å². The molecule has 1 aliphatic rings. The Balaban J connectivity index is 1.89. The van der Waals surface area contributed by atoms with Gasteiger partial charge in [0.15, 0.2) is 0 Å². The van der Waals surface area contributed by atoms with E-state index in [0.717, 1.165) is 24.2 Å². The maximum absolute atomic E-state index is 11.9. The van der Waals surface area contributed by atoms with Gasteiger partial charge in [0.25, 0.3) is 0 Å². The zero-order valence-electron chi connectivity index (χ0n) is 11.4. The van der Waals surface area contributed by atoms with Gasteiger partial charge in [-0.3, -0.25) is 0 Å². The Labute approximate surface area is 112 Å². The van der Waals surface area contributed by atoms with Crippen molar-refractivity contribution in [2.24, 2.45) is 0 Å². The van der Waals surface area contributed by atoms with Crippen LogP contribution in [0.1, 0.15) is 30.1 Å². The first kappa shape index (κ1) is 13.7. The number of carbonyl (C=O) groups is 1. The number of piperidine rings is 1. The fourth-order valence-corrected chi connectivity index (χ4v) is 2.28. The van der Waals surface area contributed by atoms with E-state index in [2.05, 4.69) is 15.3 Å². The maximum atomic E-state index is 11.9. The number of nitrogens with zero attached hydrogens (tertiary/aromatic N) is 3. The van der Waals surface area contributed by atoms with Gasteiger partial charge in [-0.1, -0.05) is 0 Å². The molecule has 104 valence electrons. The van der Waals surface area contributed by atoms with Gasteiger partial charge in [0, 0.05) is 24.5 Å². The summed E-state index contributed by atoms with van der Waals surface area (Å²) in [6.07, 6.45) is 1.20. The van der Waals surface area contributed by atoms with E-state index < -0.39 is 6.10 Å². The summed E-state index contributed by atoms with van der Waals surface area (Å²) in [7, 11) is 0. The predicted molar refractivity (Wildman–Crippen MR) is 70.6 cm³/mol. The Morgan fingerprint density at radius 3 is 2.79 bits per heavy atom. The van der Waals surface area contributed by atoms with Crippen molar-refractivity contribution in [2.45, 2.75) is 39.3 Å². The number of urea groups is 1. The third-order valence-corrected chi connectivity index (χ3v) is 3.11. The number of carbonyl (C=O) groups excluding carboxylic acids is 1. The van der Waals surface area contributed by atoms with E-state index in [1.54, 1.807) is 4.90 Å². The smallest absolute Gasteiger partial charge is 0.317 e. The zero-order chi connectivity index (χ0) is 13.8. The number of hydrogen-bond donors (Lipinski definition) is 2. The Morgan fingerprint density at radius 1 is 1.47 bits per heavy atom. The Hall–Kier alpha value is -1.69. The van der Waals surface area contributed by atoms with Crippen LogP contribution in [0.3, 0.4) is 0 Å². The zero-order valence-corrected chi connectivity index (χ0v) is 11.4. The summed E-state index contributed by atoms with van der Waals surface area (Å²) in [5.74, 6) is 0.614. The molecule has 0 aromatic carbocycles. The topological polar surface area (TPSA) is 78.4 Å². The largest absolute Gasteiger partial charge is 0.391 e. The summed E-state index contributed by atoms with van der Waals surface area (Å²) in [5, 5.41) is 12.3. The minimum absolute atomic E-state index is 0.165. The van der Waals surface area contributed by atoms with Gasteiger partial charge in [-0.25, -0.2) is 14.8 Å². The SMILES string of the molecule is Cc1cc(C)nc(CNC(=O)N2CCCC(O)C2)n1. The summed E-state index contributed by atoms with van der Waals surface area (Å²) < 4.78 is 0. The molecule has 2 heterocycles. The molecule has 2 N–H and O–H groups in total. The summed E-state index contributed by atoms with van der Waals surface area (Å²) in [6.45, 7) is 5.21. The third-order valence-electron chi connectivity index (χ3n) is 3.11. The van der Waals surface area contributed by atoms with Gasteiger partial charge in [-0.05, 0) is 32.8 Å². The maximum Gasteiger partial charge on any atom is 0.317 e. The van der Waals surface area contributed by atoms with Gasteiger partial charge >= 0.3 is 6.03 Å². The van der Waals surface area contributed by atoms with Gasteiger partial charge in [0.2, 0.25) is 0 Å². The molecule has 0 radical (unpaired) electrons. The Kier molecular flexibility index (Phi) is 4.31. The number of rotatable bonds is 2. The van der Waals surface area contributed by atoms with Crippen LogP contribution >= 0.6 is 0 Å². The van der Waals surface area contributed by atoms with Crippen LogP contribution in [0.15, 0.2) is 6.07 Å². The third kappa shape index (κ3) is 3.89. The lowest BCUT2D eigenvalue weighted by molar-refractivity contribution is 0.0841. The lowest BCUT2D eigenvalue weighted by Gasteiger charge is -2.30. The first-order valence-corrected chi connectivity index (χ1v) is 6.56. The van der Waals surface area contributed by atoms with Gasteiger partial charge in [-0.2, -0.15) is 0 Å². The van der Waals surface area contributed by atoms with E-state index in [4.69, 9.17) is 0 Å². The van der Waals surface area contributed by atoms with Crippen LogP contribution in [0.25, 0.3) is 0 Å². The van der Waals surface area contributed by atoms with Crippen molar-refractivity contribution in [3.63, 3.8) is 0 Å². The molecular weight excluding hydrogens is 244 g/mol. The lowest BCUT2D eigenvalue weighted by atomic mass is 10.1. The highest BCUT2D eigenvalue weighted by Gasteiger charge is 2.21. The number of aromatic nitrogens is 2. The summed E-state index contributed by atoms with van der Waals surface area (Å²) in [6, 6.07) is 1.73. The molecule has 0 saturated carbocycles. The number of aliphatic hydroxyl groups is 1. The minimum Gasteiger partial charge on any atom is -0.391 e. The minimum atomic E-state index is -0.406. The second kappa shape index (κ2) is 5.97. The van der Waals surface area contributed by atoms with Crippen molar-refractivity contribution in [2.75, 3.05) is 13.1 Å². The molecule has 1 atom stereocenters. The standard InChI is InChI=1S/C13H20N4O2/c1-9-6-10(2)16-12(15-9)7-14-13(19)17-5-3-4-11(18)8-17/h6,11,18H,3-5,7-8H2,1-2H3,(H,14,19). The van der Waals surface area contributed by atoms with Crippen molar-refractivity contribution in [1.82, 2.24) is 20.2 Å². The van der Waals surface area contributed by atoms with Gasteiger partial charge in [0.1, 0.15) is 5.82 Å². The van der Waals surface area contributed by atoms with E-state index >= 15 is 0 Å². The van der Waals surface area contributed by atoms with E-state index in [1.165, 1.54) is 0 Å². The summed E-state index contributed by atoms with van der Waals surface area (Å²) >= 11 is 0. The molecule has 0 spiro atoms. The van der Waals surface area contributed by atoms with Crippen molar-refractivity contribution in [1.29, 1.82) is 0 Å². The van der Waals surface area contributed by atoms with Crippen molar-refractivity contribution < 1.29 is 9.90 Å². The number of β-amino-alcohol motifs (C(OH)–C–C–N with tert-alkyl or cyclic N) is 1. The molecular formula is C13H20N4O2. The second-order valence-corrected chi connectivity index (χ2v) is 4.97. The van der Waals surface area contributed by atoms with Crippen LogP contribution in [0, 0.1) is 13.8 Å². The number of amides is 2. The first-order valence-electron chi connectivity index (χ1n) is 6.56. The first-order chi connectivity index (χ1) is 9.04. The number of aliphatic hydroxyl groups excluding tert-OH is 1. The normalized spacial score (nSPS) is 19.3. The molecule has 6 nitrogen and oxygen atoms in total. The number of hydrogen-bond acceptors (Lipinski definition) is 4. The fourth-order valence-electron chi connectivity index (χ4n) is 2.28. The van der Waals surface area contributed by atoms with Crippen LogP contribution in [0.5, 0.6) is 0 Å². The van der Waals surface area contributed by atoms with Crippen molar-refractivity contribution in [3.8, 4) is 0 Å². The van der Waals surface area contributed by atoms with Crippen LogP contribution in [0.2, 0.25) is 0 Å². The molecule has 1 aromatic rings. The monoisotopic (exact) mass is 264 g/mol. The average Bonchev–Trinajstić information content (AvgIpc) is 2.35. The fraction of sp³-hybridized carbons (Fsp3) is 0.615. The van der Waals surface area contributed by atoms with E-state index in [9.17, 15) is 9.90 Å². The van der Waals surface area contributed by atoms with E-state index in [-0.39, 0.29) is 6.03 Å². The number of nitrogens with one attached hydrogen (secondary N) is 1. The molecule has 0 bridgehead atoms. The van der Waals surface area contributed by atoms with Crippen LogP contribution in [0.4, 0.5) is 4.79 Å². The van der Waals surface area contributed by atoms with Crippen molar-refractivity contribution in [3.05, 3.63) is 23.3 Å². The van der Waals surface area contributed by atoms with Crippen LogP contribution in [-0.4, -0.2) is 45.2 Å². The van der Waals surface area contributed by atoms with Gasteiger partial charge < -0.3 is 15.3 Å². The second-order valence-electron chi connectivity index (χ2n) is 4.97. The summed E-state index contributed by atoms with van der Waals surface area (Å²) in [5.41, 5.74) is 1.79. The molecule has 2 amide bonds. The molecule has 19 heavy (non-hydrogen) atoms. The quantitative estimate of drug-likeness (QED) is 0.826. The van der Waals surface area contributed by atoms with Crippen LogP contribution in [-0.2, 0) is 6.54 Å².